The Morgan fingerprint density at radius 2 is 2.06 bits per heavy atom. The highest BCUT2D eigenvalue weighted by atomic mass is 16.2. The van der Waals surface area contributed by atoms with Crippen LogP contribution in [0.5, 0.6) is 0 Å². The summed E-state index contributed by atoms with van der Waals surface area (Å²) in [6.07, 6.45) is 6.13. The van der Waals surface area contributed by atoms with Crippen LogP contribution in [0.25, 0.3) is 0 Å². The zero-order chi connectivity index (χ0) is 11.5. The van der Waals surface area contributed by atoms with E-state index in [2.05, 4.69) is 5.32 Å². The van der Waals surface area contributed by atoms with Crippen molar-refractivity contribution in [3.63, 3.8) is 0 Å². The molecular formula is C12H18N3O+. The molecule has 0 spiro atoms. The van der Waals surface area contributed by atoms with E-state index in [1.807, 2.05) is 48.1 Å². The van der Waals surface area contributed by atoms with E-state index < -0.39 is 0 Å². The van der Waals surface area contributed by atoms with E-state index >= 15 is 0 Å². The maximum atomic E-state index is 11.5. The first-order chi connectivity index (χ1) is 7.65. The minimum atomic E-state index is 0.102. The van der Waals surface area contributed by atoms with Crippen molar-refractivity contribution in [3.8, 4) is 0 Å². The maximum absolute atomic E-state index is 11.5. The Labute approximate surface area is 95.9 Å². The van der Waals surface area contributed by atoms with Crippen LogP contribution in [0.2, 0.25) is 0 Å². The molecule has 1 saturated carbocycles. The topological polar surface area (TPSA) is 36.2 Å². The Morgan fingerprint density at radius 1 is 1.44 bits per heavy atom. The van der Waals surface area contributed by atoms with Gasteiger partial charge in [0, 0.05) is 38.0 Å². The molecule has 0 bridgehead atoms. The monoisotopic (exact) mass is 220 g/mol. The maximum Gasteiger partial charge on any atom is 0.286 e. The van der Waals surface area contributed by atoms with E-state index in [4.69, 9.17) is 0 Å². The van der Waals surface area contributed by atoms with Gasteiger partial charge in [-0.15, -0.1) is 0 Å². The van der Waals surface area contributed by atoms with E-state index in [1.54, 1.807) is 0 Å². The van der Waals surface area contributed by atoms with Crippen molar-refractivity contribution in [1.82, 2.24) is 5.32 Å². The van der Waals surface area contributed by atoms with Crippen LogP contribution in [-0.2, 0) is 11.3 Å². The molecule has 1 heterocycles. The average Bonchev–Trinajstić information content (AvgIpc) is 3.02. The predicted octanol–water partition coefficient (Wildman–Crippen LogP) is 0.319. The minimum Gasteiger partial charge on any atom is -0.377 e. The number of nitrogens with zero attached hydrogens (tertiary/aromatic N) is 2. The Balaban J connectivity index is 1.90. The van der Waals surface area contributed by atoms with Crippen LogP contribution in [0.1, 0.15) is 12.8 Å². The highest BCUT2D eigenvalue weighted by Gasteiger charge is 2.24. The number of anilines is 1. The lowest BCUT2D eigenvalue weighted by Gasteiger charge is -2.10. The second-order valence-corrected chi connectivity index (χ2v) is 4.46. The summed E-state index contributed by atoms with van der Waals surface area (Å²) in [7, 11) is 4.00. The van der Waals surface area contributed by atoms with Crippen LogP contribution in [0.3, 0.4) is 0 Å². The Bertz CT molecular complexity index is 368. The third-order valence-electron chi connectivity index (χ3n) is 2.66. The van der Waals surface area contributed by atoms with E-state index in [-0.39, 0.29) is 5.91 Å². The van der Waals surface area contributed by atoms with Gasteiger partial charge in [0.05, 0.1) is 0 Å². The Hall–Kier alpha value is -1.58. The highest BCUT2D eigenvalue weighted by Crippen LogP contribution is 2.18. The summed E-state index contributed by atoms with van der Waals surface area (Å²) in [6, 6.07) is 4.45. The number of carbonyl (C=O) groups is 1. The van der Waals surface area contributed by atoms with E-state index in [9.17, 15) is 4.79 Å². The number of amides is 1. The summed E-state index contributed by atoms with van der Waals surface area (Å²) >= 11 is 0. The zero-order valence-electron chi connectivity index (χ0n) is 9.81. The summed E-state index contributed by atoms with van der Waals surface area (Å²) in [4.78, 5) is 13.6. The lowest BCUT2D eigenvalue weighted by Crippen LogP contribution is -2.43. The largest absolute Gasteiger partial charge is 0.377 e. The molecule has 1 aromatic rings. The molecule has 1 aromatic heterocycles. The van der Waals surface area contributed by atoms with Gasteiger partial charge in [0.25, 0.3) is 5.91 Å². The fraction of sp³-hybridized carbons (Fsp3) is 0.500. The molecule has 0 aromatic carbocycles. The molecule has 1 amide bonds. The van der Waals surface area contributed by atoms with Crippen LogP contribution in [0, 0.1) is 0 Å². The van der Waals surface area contributed by atoms with Crippen molar-refractivity contribution in [2.24, 2.45) is 0 Å². The third kappa shape index (κ3) is 2.95. The van der Waals surface area contributed by atoms with Gasteiger partial charge in [0.15, 0.2) is 12.4 Å². The number of aromatic nitrogens is 1. The van der Waals surface area contributed by atoms with Crippen molar-refractivity contribution < 1.29 is 9.36 Å². The molecule has 0 aliphatic heterocycles. The van der Waals surface area contributed by atoms with Crippen LogP contribution < -0.4 is 14.8 Å². The average molecular weight is 220 g/mol. The fourth-order valence-corrected chi connectivity index (χ4v) is 1.52. The molecule has 0 saturated heterocycles. The van der Waals surface area contributed by atoms with Crippen molar-refractivity contribution >= 4 is 11.6 Å². The fourth-order valence-electron chi connectivity index (χ4n) is 1.52. The van der Waals surface area contributed by atoms with Crippen molar-refractivity contribution in [1.29, 1.82) is 0 Å². The molecule has 0 radical (unpaired) electrons. The third-order valence-corrected chi connectivity index (χ3v) is 2.66. The Morgan fingerprint density at radius 3 is 2.56 bits per heavy atom. The van der Waals surface area contributed by atoms with Gasteiger partial charge in [-0.1, -0.05) is 0 Å². The molecule has 0 atom stereocenters. The minimum absolute atomic E-state index is 0.102. The molecule has 16 heavy (non-hydrogen) atoms. The molecule has 86 valence electrons. The molecule has 1 fully saturated rings. The number of hydrogen-bond acceptors (Lipinski definition) is 2. The summed E-state index contributed by atoms with van der Waals surface area (Å²) in [5.41, 5.74) is 1.14. The molecule has 1 aliphatic rings. The number of hydrogen-bond donors (Lipinski definition) is 1. The van der Waals surface area contributed by atoms with Crippen LogP contribution in [0.15, 0.2) is 24.5 Å². The van der Waals surface area contributed by atoms with Gasteiger partial charge in [-0.3, -0.25) is 4.79 Å². The molecule has 0 unspecified atom stereocenters. The summed E-state index contributed by atoms with van der Waals surface area (Å²) in [6.45, 7) is 0.407. The lowest BCUT2D eigenvalue weighted by molar-refractivity contribution is -0.684. The second kappa shape index (κ2) is 4.51. The molecule has 1 N–H and O–H groups in total. The summed E-state index contributed by atoms with van der Waals surface area (Å²) in [5.74, 6) is 0.102. The van der Waals surface area contributed by atoms with Crippen LogP contribution in [-0.4, -0.2) is 26.0 Å². The first-order valence-corrected chi connectivity index (χ1v) is 5.61. The molecule has 1 aliphatic carbocycles. The van der Waals surface area contributed by atoms with Gasteiger partial charge < -0.3 is 10.2 Å². The van der Waals surface area contributed by atoms with Crippen LogP contribution in [0.4, 0.5) is 5.69 Å². The zero-order valence-corrected chi connectivity index (χ0v) is 9.81. The van der Waals surface area contributed by atoms with E-state index in [0.717, 1.165) is 18.5 Å². The van der Waals surface area contributed by atoms with Gasteiger partial charge in [0.2, 0.25) is 6.54 Å². The van der Waals surface area contributed by atoms with Gasteiger partial charge in [-0.2, -0.15) is 4.57 Å². The molecule has 4 nitrogen and oxygen atoms in total. The van der Waals surface area contributed by atoms with E-state index in [0.29, 0.717) is 12.6 Å². The molecule has 4 heteroatoms. The predicted molar refractivity (Wildman–Crippen MR) is 62.1 cm³/mol. The summed E-state index contributed by atoms with van der Waals surface area (Å²) < 4.78 is 1.89. The number of nitrogens with one attached hydrogen (secondary N) is 1. The first kappa shape index (κ1) is 10.9. The number of rotatable bonds is 4. The standard InChI is InChI=1S/C12H17N3O/c1-14(2)11-5-7-15(8-6-11)9-12(16)13-10-3-4-10/h5-8,10H,3-4,9H2,1-2H3/p+1. The van der Waals surface area contributed by atoms with Crippen LogP contribution >= 0.6 is 0 Å². The first-order valence-electron chi connectivity index (χ1n) is 5.61. The van der Waals surface area contributed by atoms with Gasteiger partial charge in [-0.25, -0.2) is 0 Å². The number of carbonyl (C=O) groups excluding carboxylic acids is 1. The molecule has 2 rings (SSSR count). The van der Waals surface area contributed by atoms with Gasteiger partial charge in [0.1, 0.15) is 0 Å². The second-order valence-electron chi connectivity index (χ2n) is 4.46. The van der Waals surface area contributed by atoms with E-state index in [1.165, 1.54) is 0 Å². The number of pyridine rings is 1. The quantitative estimate of drug-likeness (QED) is 0.742. The normalized spacial score (nSPS) is 14.6. The molecular weight excluding hydrogens is 202 g/mol. The lowest BCUT2D eigenvalue weighted by atomic mass is 10.4. The van der Waals surface area contributed by atoms with Gasteiger partial charge >= 0.3 is 0 Å². The van der Waals surface area contributed by atoms with Crippen molar-refractivity contribution in [2.45, 2.75) is 25.4 Å². The smallest absolute Gasteiger partial charge is 0.286 e. The van der Waals surface area contributed by atoms with Crippen molar-refractivity contribution in [3.05, 3.63) is 24.5 Å². The Kier molecular flexibility index (Phi) is 3.08. The SMILES string of the molecule is CN(C)c1cc[n+](CC(=O)NC2CC2)cc1. The highest BCUT2D eigenvalue weighted by molar-refractivity contribution is 5.75. The summed E-state index contributed by atoms with van der Waals surface area (Å²) in [5, 5.41) is 2.97. The van der Waals surface area contributed by atoms with Gasteiger partial charge in [-0.05, 0) is 12.8 Å². The van der Waals surface area contributed by atoms with Crippen molar-refractivity contribution in [2.75, 3.05) is 19.0 Å².